The average Bonchev–Trinajstić information content (AvgIpc) is 2.77. The molecule has 0 aromatic heterocycles. The van der Waals surface area contributed by atoms with Gasteiger partial charge in [-0.3, -0.25) is 15.0 Å². The minimum Gasteiger partial charge on any atom is -0.455 e. The maximum absolute atomic E-state index is 14.4. The normalized spacial score (nSPS) is 16.6. The van der Waals surface area contributed by atoms with Crippen molar-refractivity contribution in [2.75, 3.05) is 31.1 Å². The van der Waals surface area contributed by atoms with Crippen LogP contribution in [0.1, 0.15) is 26.3 Å². The molecular formula is C23H25ClF3N3O6. The van der Waals surface area contributed by atoms with Crippen LogP contribution in [0, 0.1) is 10.1 Å². The van der Waals surface area contributed by atoms with Crippen LogP contribution in [-0.4, -0.2) is 58.9 Å². The van der Waals surface area contributed by atoms with Crippen LogP contribution in [0.2, 0.25) is 5.02 Å². The van der Waals surface area contributed by atoms with Crippen molar-refractivity contribution in [1.82, 2.24) is 4.90 Å². The number of halogens is 4. The topological polar surface area (TPSA) is 105 Å². The first-order valence-corrected chi connectivity index (χ1v) is 11.3. The number of carbonyl (C=O) groups excluding carboxylic acids is 1. The lowest BCUT2D eigenvalue weighted by Crippen LogP contribution is -2.57. The number of para-hydroxylation sites is 1. The SMILES string of the molecule is CC(C)(C)OC(=O)N1CCN(c2c([N+](=O)[O-])ccc(Oc3ccccc3Cl)c2C(F)(F)F)CC1CO. The summed E-state index contributed by atoms with van der Waals surface area (Å²) in [5.41, 5.74) is -3.71. The number of rotatable bonds is 5. The minimum absolute atomic E-state index is 0.0526. The molecule has 1 unspecified atom stereocenters. The Kier molecular flexibility index (Phi) is 7.89. The molecule has 1 N–H and O–H groups in total. The number of alkyl halides is 3. The van der Waals surface area contributed by atoms with E-state index in [4.69, 9.17) is 21.1 Å². The fraction of sp³-hybridized carbons (Fsp3) is 0.435. The van der Waals surface area contributed by atoms with Gasteiger partial charge in [-0.2, -0.15) is 13.2 Å². The van der Waals surface area contributed by atoms with E-state index in [0.29, 0.717) is 0 Å². The molecule has 1 aliphatic heterocycles. The maximum atomic E-state index is 14.4. The highest BCUT2D eigenvalue weighted by Gasteiger charge is 2.45. The first-order valence-electron chi connectivity index (χ1n) is 10.9. The monoisotopic (exact) mass is 531 g/mol. The fourth-order valence-corrected chi connectivity index (χ4v) is 3.98. The number of nitro benzene ring substituents is 1. The Balaban J connectivity index is 2.07. The number of nitrogens with zero attached hydrogens (tertiary/aromatic N) is 3. The van der Waals surface area contributed by atoms with Crippen molar-refractivity contribution in [3.8, 4) is 11.5 Å². The molecule has 1 heterocycles. The lowest BCUT2D eigenvalue weighted by Gasteiger charge is -2.42. The van der Waals surface area contributed by atoms with Gasteiger partial charge in [0.25, 0.3) is 5.69 Å². The molecule has 0 bridgehead atoms. The van der Waals surface area contributed by atoms with E-state index < -0.39 is 58.1 Å². The molecule has 1 aliphatic rings. The highest BCUT2D eigenvalue weighted by atomic mass is 35.5. The predicted molar refractivity (Wildman–Crippen MR) is 126 cm³/mol. The van der Waals surface area contributed by atoms with E-state index in [9.17, 15) is 33.2 Å². The summed E-state index contributed by atoms with van der Waals surface area (Å²) in [7, 11) is 0. The number of carbonyl (C=O) groups is 1. The van der Waals surface area contributed by atoms with Crippen molar-refractivity contribution in [3.05, 3.63) is 57.1 Å². The summed E-state index contributed by atoms with van der Waals surface area (Å²) >= 11 is 6.04. The van der Waals surface area contributed by atoms with Gasteiger partial charge >= 0.3 is 12.3 Å². The molecule has 1 amide bonds. The smallest absolute Gasteiger partial charge is 0.422 e. The molecule has 0 spiro atoms. The number of nitro groups is 1. The molecule has 36 heavy (non-hydrogen) atoms. The van der Waals surface area contributed by atoms with Gasteiger partial charge in [0.2, 0.25) is 0 Å². The van der Waals surface area contributed by atoms with Crippen molar-refractivity contribution >= 4 is 29.1 Å². The van der Waals surface area contributed by atoms with Gasteiger partial charge in [0.15, 0.2) is 0 Å². The molecule has 9 nitrogen and oxygen atoms in total. The van der Waals surface area contributed by atoms with Crippen molar-refractivity contribution < 1.29 is 37.5 Å². The number of ether oxygens (including phenoxy) is 2. The van der Waals surface area contributed by atoms with Gasteiger partial charge in [-0.25, -0.2) is 4.79 Å². The Morgan fingerprint density at radius 2 is 1.83 bits per heavy atom. The van der Waals surface area contributed by atoms with Gasteiger partial charge in [-0.05, 0) is 39.0 Å². The quantitative estimate of drug-likeness (QED) is 0.402. The summed E-state index contributed by atoms with van der Waals surface area (Å²) in [5.74, 6) is -0.737. The van der Waals surface area contributed by atoms with Gasteiger partial charge in [0.1, 0.15) is 28.4 Å². The van der Waals surface area contributed by atoms with Crippen molar-refractivity contribution in [2.45, 2.75) is 38.6 Å². The zero-order valence-corrected chi connectivity index (χ0v) is 20.5. The summed E-state index contributed by atoms with van der Waals surface area (Å²) in [6.45, 7) is 3.73. The molecule has 1 fully saturated rings. The van der Waals surface area contributed by atoms with E-state index in [1.165, 1.54) is 23.1 Å². The zero-order valence-electron chi connectivity index (χ0n) is 19.7. The van der Waals surface area contributed by atoms with Crippen molar-refractivity contribution in [1.29, 1.82) is 0 Å². The van der Waals surface area contributed by atoms with Crippen LogP contribution in [-0.2, 0) is 10.9 Å². The summed E-state index contributed by atoms with van der Waals surface area (Å²) in [6, 6.07) is 6.70. The van der Waals surface area contributed by atoms with E-state index >= 15 is 0 Å². The number of aliphatic hydroxyl groups is 1. The first kappa shape index (κ1) is 27.3. The molecule has 13 heteroatoms. The Labute approximate surface area is 210 Å². The highest BCUT2D eigenvalue weighted by molar-refractivity contribution is 6.32. The van der Waals surface area contributed by atoms with Crippen LogP contribution >= 0.6 is 11.6 Å². The second-order valence-corrected chi connectivity index (χ2v) is 9.46. The van der Waals surface area contributed by atoms with Crippen molar-refractivity contribution in [2.24, 2.45) is 0 Å². The molecule has 1 atom stereocenters. The minimum atomic E-state index is -5.05. The zero-order chi connectivity index (χ0) is 26.8. The van der Waals surface area contributed by atoms with E-state index in [2.05, 4.69) is 0 Å². The maximum Gasteiger partial charge on any atom is 0.422 e. The third-order valence-electron chi connectivity index (χ3n) is 5.29. The molecule has 1 saturated heterocycles. The number of piperazine rings is 1. The Morgan fingerprint density at radius 3 is 2.39 bits per heavy atom. The number of hydrogen-bond acceptors (Lipinski definition) is 7. The molecule has 3 rings (SSSR count). The molecule has 2 aromatic rings. The summed E-state index contributed by atoms with van der Waals surface area (Å²) < 4.78 is 53.9. The standard InChI is InChI=1S/C23H25ClF3N3O6/c1-22(2,3)36-21(32)29-11-10-28(12-14(29)13-31)20-16(30(33)34)8-9-18(19(20)23(25,26)27)35-17-7-5-4-6-15(17)24/h4-9,14,31H,10-13H2,1-3H3. The van der Waals surface area contributed by atoms with Crippen LogP contribution in [0.15, 0.2) is 36.4 Å². The van der Waals surface area contributed by atoms with Gasteiger partial charge in [0, 0.05) is 25.7 Å². The van der Waals surface area contributed by atoms with Crippen LogP contribution < -0.4 is 9.64 Å². The number of hydrogen-bond donors (Lipinski definition) is 1. The summed E-state index contributed by atoms with van der Waals surface area (Å²) in [4.78, 5) is 25.7. The Hall–Kier alpha value is -3.25. The summed E-state index contributed by atoms with van der Waals surface area (Å²) in [6.07, 6.45) is -5.79. The molecule has 196 valence electrons. The van der Waals surface area contributed by atoms with Crippen LogP contribution in [0.25, 0.3) is 0 Å². The molecule has 0 radical (unpaired) electrons. The Bertz CT molecular complexity index is 1140. The van der Waals surface area contributed by atoms with Crippen LogP contribution in [0.5, 0.6) is 11.5 Å². The Morgan fingerprint density at radius 1 is 1.17 bits per heavy atom. The lowest BCUT2D eigenvalue weighted by atomic mass is 10.0. The van der Waals surface area contributed by atoms with Gasteiger partial charge in [0.05, 0.1) is 22.6 Å². The molecular weight excluding hydrogens is 507 g/mol. The van der Waals surface area contributed by atoms with Gasteiger partial charge in [-0.1, -0.05) is 23.7 Å². The third-order valence-corrected chi connectivity index (χ3v) is 5.61. The molecule has 0 aliphatic carbocycles. The van der Waals surface area contributed by atoms with Crippen molar-refractivity contribution in [3.63, 3.8) is 0 Å². The number of aliphatic hydroxyl groups excluding tert-OH is 1. The highest BCUT2D eigenvalue weighted by Crippen LogP contribution is 2.49. The largest absolute Gasteiger partial charge is 0.455 e. The van der Waals surface area contributed by atoms with Gasteiger partial charge in [-0.15, -0.1) is 0 Å². The van der Waals surface area contributed by atoms with E-state index in [1.807, 2.05) is 0 Å². The molecule has 0 saturated carbocycles. The van der Waals surface area contributed by atoms with E-state index in [1.54, 1.807) is 26.8 Å². The van der Waals surface area contributed by atoms with Crippen LogP contribution in [0.4, 0.5) is 29.3 Å². The number of benzene rings is 2. The predicted octanol–water partition coefficient (Wildman–Crippen LogP) is 5.48. The van der Waals surface area contributed by atoms with Gasteiger partial charge < -0.3 is 19.5 Å². The van der Waals surface area contributed by atoms with E-state index in [0.717, 1.165) is 17.0 Å². The second-order valence-electron chi connectivity index (χ2n) is 9.05. The average molecular weight is 532 g/mol. The first-order chi connectivity index (χ1) is 16.7. The van der Waals surface area contributed by atoms with Crippen LogP contribution in [0.3, 0.4) is 0 Å². The molecule has 2 aromatic carbocycles. The summed E-state index contributed by atoms with van der Waals surface area (Å²) in [5, 5.41) is 21.7. The fourth-order valence-electron chi connectivity index (χ4n) is 3.81. The number of amides is 1. The third kappa shape index (κ3) is 6.11. The van der Waals surface area contributed by atoms with E-state index in [-0.39, 0.29) is 30.4 Å². The lowest BCUT2D eigenvalue weighted by molar-refractivity contribution is -0.384. The number of anilines is 1. The second kappa shape index (κ2) is 10.4.